The minimum Gasteiger partial charge on any atom is -0.492 e. The van der Waals surface area contributed by atoms with Crippen molar-refractivity contribution in [3.8, 4) is 5.75 Å². The Balaban J connectivity index is 1.47. The lowest BCUT2D eigenvalue weighted by Gasteiger charge is -2.08. The lowest BCUT2D eigenvalue weighted by molar-refractivity contribution is 0.103. The average molecular weight is 418 g/mol. The van der Waals surface area contributed by atoms with E-state index in [1.54, 1.807) is 28.8 Å². The number of ether oxygens (including phenoxy) is 1. The summed E-state index contributed by atoms with van der Waals surface area (Å²) >= 11 is 1.16. The van der Waals surface area contributed by atoms with Crippen LogP contribution in [-0.4, -0.2) is 17.0 Å². The highest BCUT2D eigenvalue weighted by Gasteiger charge is 2.13. The zero-order valence-corrected chi connectivity index (χ0v) is 17.7. The molecule has 0 unspecified atom stereocenters. The first-order valence-corrected chi connectivity index (χ1v) is 10.9. The van der Waals surface area contributed by atoms with Crippen LogP contribution in [0.25, 0.3) is 10.2 Å². The second kappa shape index (κ2) is 9.09. The van der Waals surface area contributed by atoms with E-state index >= 15 is 0 Å². The van der Waals surface area contributed by atoms with Crippen LogP contribution < -0.4 is 9.61 Å². The molecule has 0 aliphatic carbocycles. The highest BCUT2D eigenvalue weighted by Crippen LogP contribution is 2.21. The smallest absolute Gasteiger partial charge is 0.308 e. The molecule has 1 aromatic heterocycles. The molecule has 0 fully saturated rings. The van der Waals surface area contributed by atoms with Crippen LogP contribution in [-0.2, 0) is 13.0 Å². The molecule has 0 atom stereocenters. The molecule has 152 valence electrons. The molecule has 0 bridgehead atoms. The molecule has 4 nitrogen and oxygen atoms in total. The SMILES string of the molecule is CCCc1ccc(OCCn2c(=O)sc3cc(C(=O)c4ccccc4)ccc32)cc1. The minimum atomic E-state index is -0.0452. The van der Waals surface area contributed by atoms with E-state index < -0.39 is 0 Å². The monoisotopic (exact) mass is 417 g/mol. The van der Waals surface area contributed by atoms with Gasteiger partial charge >= 0.3 is 4.87 Å². The zero-order valence-electron chi connectivity index (χ0n) is 16.8. The Morgan fingerprint density at radius 1 is 0.967 bits per heavy atom. The van der Waals surface area contributed by atoms with E-state index in [-0.39, 0.29) is 10.7 Å². The summed E-state index contributed by atoms with van der Waals surface area (Å²) in [6.07, 6.45) is 2.18. The molecule has 0 amide bonds. The maximum absolute atomic E-state index is 12.7. The normalized spacial score (nSPS) is 11.0. The standard InChI is InChI=1S/C25H23NO3S/c1-2-6-18-9-12-21(13-10-18)29-16-15-26-22-14-11-20(17-23(22)30-25(26)28)24(27)19-7-4-3-5-8-19/h3-5,7-14,17H,2,6,15-16H2,1H3. The Bertz CT molecular complexity index is 1210. The van der Waals surface area contributed by atoms with Crippen LogP contribution in [0.2, 0.25) is 0 Å². The molecule has 0 aliphatic heterocycles. The van der Waals surface area contributed by atoms with Crippen molar-refractivity contribution in [3.05, 3.63) is 99.2 Å². The van der Waals surface area contributed by atoms with Crippen molar-refractivity contribution < 1.29 is 9.53 Å². The number of hydrogen-bond donors (Lipinski definition) is 0. The molecule has 0 saturated heterocycles. The Kier molecular flexibility index (Phi) is 6.10. The lowest BCUT2D eigenvalue weighted by Crippen LogP contribution is -2.17. The Labute approximate surface area is 179 Å². The number of aryl methyl sites for hydroxylation is 1. The number of aromatic nitrogens is 1. The van der Waals surface area contributed by atoms with Gasteiger partial charge in [0.25, 0.3) is 0 Å². The predicted octanol–water partition coefficient (Wildman–Crippen LogP) is 5.33. The van der Waals surface area contributed by atoms with Gasteiger partial charge in [-0.15, -0.1) is 0 Å². The molecule has 4 aromatic rings. The number of carbonyl (C=O) groups is 1. The van der Waals surface area contributed by atoms with E-state index in [0.29, 0.717) is 24.3 Å². The van der Waals surface area contributed by atoms with Gasteiger partial charge in [0.2, 0.25) is 0 Å². The highest BCUT2D eigenvalue weighted by molar-refractivity contribution is 7.16. The van der Waals surface area contributed by atoms with Gasteiger partial charge in [-0.3, -0.25) is 14.2 Å². The molecule has 5 heteroatoms. The van der Waals surface area contributed by atoms with E-state index in [2.05, 4.69) is 19.1 Å². The number of ketones is 1. The van der Waals surface area contributed by atoms with Crippen LogP contribution in [0.15, 0.2) is 77.6 Å². The second-order valence-corrected chi connectivity index (χ2v) is 8.13. The summed E-state index contributed by atoms with van der Waals surface area (Å²) in [5.74, 6) is 0.762. The van der Waals surface area contributed by atoms with Gasteiger partial charge < -0.3 is 4.74 Å². The molecule has 0 saturated carbocycles. The average Bonchev–Trinajstić information content (AvgIpc) is 3.09. The predicted molar refractivity (Wildman–Crippen MR) is 122 cm³/mol. The van der Waals surface area contributed by atoms with Crippen molar-refractivity contribution in [2.75, 3.05) is 6.61 Å². The second-order valence-electron chi connectivity index (χ2n) is 7.14. The maximum Gasteiger partial charge on any atom is 0.308 e. The first-order valence-electron chi connectivity index (χ1n) is 10.1. The molecular formula is C25H23NO3S. The van der Waals surface area contributed by atoms with E-state index in [0.717, 1.165) is 40.1 Å². The number of nitrogens with zero attached hydrogens (tertiary/aromatic N) is 1. The van der Waals surface area contributed by atoms with Crippen LogP contribution in [0.3, 0.4) is 0 Å². The first-order chi connectivity index (χ1) is 14.7. The maximum atomic E-state index is 12.7. The Morgan fingerprint density at radius 3 is 2.47 bits per heavy atom. The van der Waals surface area contributed by atoms with Gasteiger partial charge in [-0.2, -0.15) is 0 Å². The summed E-state index contributed by atoms with van der Waals surface area (Å²) in [5, 5.41) is 0. The van der Waals surface area contributed by atoms with E-state index in [1.165, 1.54) is 5.56 Å². The molecule has 0 spiro atoms. The van der Waals surface area contributed by atoms with Crippen molar-refractivity contribution in [1.29, 1.82) is 0 Å². The molecule has 4 rings (SSSR count). The molecule has 3 aromatic carbocycles. The lowest BCUT2D eigenvalue weighted by atomic mass is 10.0. The van der Waals surface area contributed by atoms with Gasteiger partial charge in [-0.05, 0) is 42.3 Å². The van der Waals surface area contributed by atoms with Gasteiger partial charge in [-0.1, -0.05) is 67.1 Å². The fourth-order valence-electron chi connectivity index (χ4n) is 3.47. The molecule has 0 radical (unpaired) electrons. The number of fused-ring (bicyclic) bond motifs is 1. The molecule has 0 N–H and O–H groups in total. The summed E-state index contributed by atoms with van der Waals surface area (Å²) in [6, 6.07) is 22.7. The molecule has 30 heavy (non-hydrogen) atoms. The number of benzene rings is 3. The summed E-state index contributed by atoms with van der Waals surface area (Å²) in [5.41, 5.74) is 3.36. The van der Waals surface area contributed by atoms with E-state index in [9.17, 15) is 9.59 Å². The van der Waals surface area contributed by atoms with E-state index in [1.807, 2.05) is 36.4 Å². The van der Waals surface area contributed by atoms with E-state index in [4.69, 9.17) is 4.74 Å². The third kappa shape index (κ3) is 4.36. The number of thiazole rings is 1. The van der Waals surface area contributed by atoms with Crippen molar-refractivity contribution >= 4 is 27.3 Å². The van der Waals surface area contributed by atoms with Gasteiger partial charge in [0.05, 0.1) is 16.8 Å². The summed E-state index contributed by atoms with van der Waals surface area (Å²) in [4.78, 5) is 25.1. The fraction of sp³-hybridized carbons (Fsp3) is 0.200. The Morgan fingerprint density at radius 2 is 1.73 bits per heavy atom. The summed E-state index contributed by atoms with van der Waals surface area (Å²) in [6.45, 7) is 3.03. The topological polar surface area (TPSA) is 48.3 Å². The quantitative estimate of drug-likeness (QED) is 0.364. The number of hydrogen-bond acceptors (Lipinski definition) is 4. The van der Waals surface area contributed by atoms with Crippen LogP contribution in [0, 0.1) is 0 Å². The molecule has 0 aliphatic rings. The summed E-state index contributed by atoms with van der Waals surface area (Å²) in [7, 11) is 0. The van der Waals surface area contributed by atoms with Gasteiger partial charge in [0.15, 0.2) is 5.78 Å². The van der Waals surface area contributed by atoms with Gasteiger partial charge in [0.1, 0.15) is 12.4 Å². The van der Waals surface area contributed by atoms with Crippen LogP contribution in [0.5, 0.6) is 5.75 Å². The largest absolute Gasteiger partial charge is 0.492 e. The van der Waals surface area contributed by atoms with Crippen molar-refractivity contribution in [3.63, 3.8) is 0 Å². The number of rotatable bonds is 8. The van der Waals surface area contributed by atoms with Crippen molar-refractivity contribution in [1.82, 2.24) is 4.57 Å². The van der Waals surface area contributed by atoms with Gasteiger partial charge in [0, 0.05) is 11.1 Å². The van der Waals surface area contributed by atoms with Crippen LogP contribution in [0.4, 0.5) is 0 Å². The first kappa shape index (κ1) is 20.1. The summed E-state index contributed by atoms with van der Waals surface area (Å²) < 4.78 is 8.35. The molecule has 1 heterocycles. The van der Waals surface area contributed by atoms with Crippen molar-refractivity contribution in [2.45, 2.75) is 26.3 Å². The Hall–Kier alpha value is -3.18. The number of carbonyl (C=O) groups excluding carboxylic acids is 1. The van der Waals surface area contributed by atoms with Crippen molar-refractivity contribution in [2.24, 2.45) is 0 Å². The third-order valence-electron chi connectivity index (χ3n) is 5.01. The third-order valence-corrected chi connectivity index (χ3v) is 5.95. The highest BCUT2D eigenvalue weighted by atomic mass is 32.1. The van der Waals surface area contributed by atoms with Crippen LogP contribution in [0.1, 0.15) is 34.8 Å². The van der Waals surface area contributed by atoms with Crippen LogP contribution >= 0.6 is 11.3 Å². The fourth-order valence-corrected chi connectivity index (χ4v) is 4.43. The molecular weight excluding hydrogens is 394 g/mol. The zero-order chi connectivity index (χ0) is 20.9. The van der Waals surface area contributed by atoms with Gasteiger partial charge in [-0.25, -0.2) is 0 Å². The minimum absolute atomic E-state index is 0.0419.